The largest absolute Gasteiger partial charge is 0.379 e. The molecule has 2 aliphatic rings. The van der Waals surface area contributed by atoms with Crippen molar-refractivity contribution < 1.29 is 9.53 Å². The maximum atomic E-state index is 12.8. The molecule has 3 rings (SSSR count). The number of hydrogen-bond donors (Lipinski definition) is 0. The Morgan fingerprint density at radius 2 is 2.09 bits per heavy atom. The Bertz CT molecular complexity index is 537. The molecular weight excluding hydrogens is 296 g/mol. The number of likely N-dealkylation sites (tertiary alicyclic amines) is 1. The van der Waals surface area contributed by atoms with E-state index in [-0.39, 0.29) is 5.91 Å². The van der Waals surface area contributed by atoms with Crippen LogP contribution in [-0.2, 0) is 11.2 Å². The Kier molecular flexibility index (Phi) is 4.85. The molecule has 0 aromatic carbocycles. The first-order valence-corrected chi connectivity index (χ1v) is 9.12. The van der Waals surface area contributed by atoms with Gasteiger partial charge in [0, 0.05) is 37.1 Å². The van der Waals surface area contributed by atoms with Gasteiger partial charge in [0.25, 0.3) is 5.91 Å². The van der Waals surface area contributed by atoms with Crippen LogP contribution < -0.4 is 0 Å². The van der Waals surface area contributed by atoms with Gasteiger partial charge in [-0.1, -0.05) is 13.8 Å². The third-order valence-corrected chi connectivity index (χ3v) is 6.30. The summed E-state index contributed by atoms with van der Waals surface area (Å²) in [7, 11) is 0. The number of hydrogen-bond acceptors (Lipinski definition) is 4. The first-order chi connectivity index (χ1) is 10.6. The number of nitrogens with zero attached hydrogens (tertiary/aromatic N) is 2. The molecule has 1 aromatic heterocycles. The lowest BCUT2D eigenvalue weighted by Gasteiger charge is -2.33. The fourth-order valence-electron chi connectivity index (χ4n) is 3.63. The summed E-state index contributed by atoms with van der Waals surface area (Å²) >= 11 is 1.67. The van der Waals surface area contributed by atoms with Crippen LogP contribution in [0.3, 0.4) is 0 Å². The van der Waals surface area contributed by atoms with Crippen LogP contribution in [0.2, 0.25) is 0 Å². The number of morpholine rings is 1. The molecule has 22 heavy (non-hydrogen) atoms. The molecule has 2 fully saturated rings. The normalized spacial score (nSPS) is 26.6. The Hall–Kier alpha value is -0.910. The predicted octanol–water partition coefficient (Wildman–Crippen LogP) is 2.41. The van der Waals surface area contributed by atoms with Crippen LogP contribution in [-0.4, -0.2) is 61.1 Å². The van der Waals surface area contributed by atoms with Crippen LogP contribution in [0.15, 0.2) is 6.07 Å². The lowest BCUT2D eigenvalue weighted by atomic mass is 10.0. The average molecular weight is 322 g/mol. The minimum atomic E-state index is 0.218. The molecule has 1 aromatic rings. The van der Waals surface area contributed by atoms with Crippen molar-refractivity contribution >= 4 is 17.2 Å². The van der Waals surface area contributed by atoms with Crippen molar-refractivity contribution in [2.75, 3.05) is 39.4 Å². The van der Waals surface area contributed by atoms with E-state index in [9.17, 15) is 4.79 Å². The van der Waals surface area contributed by atoms with Gasteiger partial charge in [0.05, 0.1) is 18.1 Å². The fraction of sp³-hybridized carbons (Fsp3) is 0.706. The third kappa shape index (κ3) is 3.07. The zero-order valence-corrected chi connectivity index (χ0v) is 14.6. The van der Waals surface area contributed by atoms with Gasteiger partial charge in [-0.15, -0.1) is 11.3 Å². The van der Waals surface area contributed by atoms with Crippen molar-refractivity contribution in [1.82, 2.24) is 9.80 Å². The zero-order valence-electron chi connectivity index (χ0n) is 13.8. The molecule has 2 saturated heterocycles. The van der Waals surface area contributed by atoms with E-state index in [0.29, 0.717) is 12.0 Å². The van der Waals surface area contributed by atoms with Gasteiger partial charge in [0.15, 0.2) is 0 Å². The number of aryl methyl sites for hydroxylation is 2. The third-order valence-electron chi connectivity index (χ3n) is 4.93. The molecule has 2 unspecified atom stereocenters. The molecule has 1 amide bonds. The van der Waals surface area contributed by atoms with E-state index in [4.69, 9.17) is 4.74 Å². The molecule has 0 N–H and O–H groups in total. The molecule has 0 spiro atoms. The van der Waals surface area contributed by atoms with Gasteiger partial charge in [-0.25, -0.2) is 0 Å². The summed E-state index contributed by atoms with van der Waals surface area (Å²) in [6, 6.07) is 2.55. The first-order valence-electron chi connectivity index (χ1n) is 8.30. The number of carbonyl (C=O) groups is 1. The van der Waals surface area contributed by atoms with E-state index in [1.165, 1.54) is 10.4 Å². The van der Waals surface area contributed by atoms with Crippen LogP contribution in [0.4, 0.5) is 0 Å². The summed E-state index contributed by atoms with van der Waals surface area (Å²) in [6.45, 7) is 11.9. The van der Waals surface area contributed by atoms with Crippen LogP contribution in [0.5, 0.6) is 0 Å². The summed E-state index contributed by atoms with van der Waals surface area (Å²) in [5.41, 5.74) is 1.26. The molecule has 122 valence electrons. The highest BCUT2D eigenvalue weighted by Crippen LogP contribution is 2.28. The highest BCUT2D eigenvalue weighted by Gasteiger charge is 2.37. The maximum absolute atomic E-state index is 12.8. The predicted molar refractivity (Wildman–Crippen MR) is 89.7 cm³/mol. The minimum absolute atomic E-state index is 0.218. The summed E-state index contributed by atoms with van der Waals surface area (Å²) in [4.78, 5) is 19.6. The number of amides is 1. The monoisotopic (exact) mass is 322 g/mol. The standard InChI is InChI=1S/C17H26N2O2S/c1-4-15-12(2)9-16(22-15)17(20)19-10-13(3)14(11-19)18-5-7-21-8-6-18/h9,13-14H,4-8,10-11H2,1-3H3. The van der Waals surface area contributed by atoms with Crippen LogP contribution in [0, 0.1) is 12.8 Å². The van der Waals surface area contributed by atoms with Gasteiger partial charge in [0.2, 0.25) is 0 Å². The Labute approximate surface area is 137 Å². The van der Waals surface area contributed by atoms with Crippen molar-refractivity contribution in [3.63, 3.8) is 0 Å². The van der Waals surface area contributed by atoms with E-state index >= 15 is 0 Å². The summed E-state index contributed by atoms with van der Waals surface area (Å²) in [5.74, 6) is 0.754. The molecule has 0 saturated carbocycles. The fourth-order valence-corrected chi connectivity index (χ4v) is 4.71. The molecule has 0 bridgehead atoms. The molecule has 3 heterocycles. The quantitative estimate of drug-likeness (QED) is 0.857. The van der Waals surface area contributed by atoms with Gasteiger partial charge in [0.1, 0.15) is 0 Å². The van der Waals surface area contributed by atoms with Gasteiger partial charge >= 0.3 is 0 Å². The van der Waals surface area contributed by atoms with Gasteiger partial charge in [-0.2, -0.15) is 0 Å². The van der Waals surface area contributed by atoms with Crippen molar-refractivity contribution in [3.05, 3.63) is 21.4 Å². The lowest BCUT2D eigenvalue weighted by Crippen LogP contribution is -2.47. The second-order valence-electron chi connectivity index (χ2n) is 6.47. The highest BCUT2D eigenvalue weighted by molar-refractivity contribution is 7.14. The second kappa shape index (κ2) is 6.69. The lowest BCUT2D eigenvalue weighted by molar-refractivity contribution is 0.0119. The number of carbonyl (C=O) groups excluding carboxylic acids is 1. The summed E-state index contributed by atoms with van der Waals surface area (Å²) < 4.78 is 5.45. The van der Waals surface area contributed by atoms with Crippen molar-refractivity contribution in [3.8, 4) is 0 Å². The topological polar surface area (TPSA) is 32.8 Å². The smallest absolute Gasteiger partial charge is 0.264 e. The van der Waals surface area contributed by atoms with Crippen molar-refractivity contribution in [1.29, 1.82) is 0 Å². The molecule has 0 aliphatic carbocycles. The summed E-state index contributed by atoms with van der Waals surface area (Å²) in [6.07, 6.45) is 1.01. The average Bonchev–Trinajstić information content (AvgIpc) is 3.10. The number of thiophene rings is 1. The van der Waals surface area contributed by atoms with Crippen LogP contribution in [0.1, 0.15) is 34.0 Å². The van der Waals surface area contributed by atoms with Crippen LogP contribution >= 0.6 is 11.3 Å². The SMILES string of the molecule is CCc1sc(C(=O)N2CC(C)C(N3CCOCC3)C2)cc1C. The van der Waals surface area contributed by atoms with E-state index in [0.717, 1.165) is 50.7 Å². The first kappa shape index (κ1) is 16.0. The van der Waals surface area contributed by atoms with Gasteiger partial charge in [-0.3, -0.25) is 9.69 Å². The Morgan fingerprint density at radius 1 is 1.36 bits per heavy atom. The molecule has 2 atom stereocenters. The minimum Gasteiger partial charge on any atom is -0.379 e. The summed E-state index contributed by atoms with van der Waals surface area (Å²) in [5, 5.41) is 0. The Balaban J connectivity index is 1.68. The Morgan fingerprint density at radius 3 is 2.73 bits per heavy atom. The molecule has 5 heteroatoms. The molecular formula is C17H26N2O2S. The maximum Gasteiger partial charge on any atom is 0.264 e. The van der Waals surface area contributed by atoms with Crippen LogP contribution in [0.25, 0.3) is 0 Å². The van der Waals surface area contributed by atoms with E-state index < -0.39 is 0 Å². The zero-order chi connectivity index (χ0) is 15.7. The second-order valence-corrected chi connectivity index (χ2v) is 7.61. The molecule has 4 nitrogen and oxygen atoms in total. The van der Waals surface area contributed by atoms with Gasteiger partial charge in [-0.05, 0) is 30.9 Å². The molecule has 2 aliphatic heterocycles. The van der Waals surface area contributed by atoms with Crippen molar-refractivity contribution in [2.45, 2.75) is 33.2 Å². The van der Waals surface area contributed by atoms with E-state index in [1.54, 1.807) is 11.3 Å². The van der Waals surface area contributed by atoms with Gasteiger partial charge < -0.3 is 9.64 Å². The van der Waals surface area contributed by atoms with E-state index in [2.05, 4.69) is 36.6 Å². The van der Waals surface area contributed by atoms with Crippen molar-refractivity contribution in [2.24, 2.45) is 5.92 Å². The van der Waals surface area contributed by atoms with E-state index in [1.807, 2.05) is 0 Å². The number of rotatable bonds is 3. The highest BCUT2D eigenvalue weighted by atomic mass is 32.1. The number of ether oxygens (including phenoxy) is 1. The molecule has 0 radical (unpaired) electrons.